The number of hydrogen-bond acceptors (Lipinski definition) is 3. The molecule has 1 atom stereocenters. The topological polar surface area (TPSA) is 18.5 Å². The van der Waals surface area contributed by atoms with E-state index in [1.807, 2.05) is 0 Å². The van der Waals surface area contributed by atoms with Crippen molar-refractivity contribution in [1.82, 2.24) is 5.32 Å². The highest BCUT2D eigenvalue weighted by molar-refractivity contribution is 5.71. The van der Waals surface area contributed by atoms with Crippen LogP contribution in [0.3, 0.4) is 0 Å². The van der Waals surface area contributed by atoms with Gasteiger partial charge in [-0.3, -0.25) is 0 Å². The summed E-state index contributed by atoms with van der Waals surface area (Å²) in [5.74, 6) is 0. The van der Waals surface area contributed by atoms with Crippen LogP contribution in [0, 0.1) is 0 Å². The molecule has 1 aliphatic carbocycles. The molecule has 3 rings (SSSR count). The minimum atomic E-state index is 0.366. The van der Waals surface area contributed by atoms with Crippen LogP contribution in [0.2, 0.25) is 0 Å². The van der Waals surface area contributed by atoms with Gasteiger partial charge in [0.05, 0.1) is 11.4 Å². The van der Waals surface area contributed by atoms with Gasteiger partial charge in [0.1, 0.15) is 0 Å². The van der Waals surface area contributed by atoms with Crippen LogP contribution >= 0.6 is 0 Å². The lowest BCUT2D eigenvalue weighted by atomic mass is 9.91. The number of nitrogens with zero attached hydrogens (tertiary/aromatic N) is 2. The van der Waals surface area contributed by atoms with E-state index in [9.17, 15) is 0 Å². The normalized spacial score (nSPS) is 24.5. The molecule has 2 fully saturated rings. The lowest BCUT2D eigenvalue weighted by molar-refractivity contribution is 0.267. The molecule has 1 spiro atoms. The second-order valence-corrected chi connectivity index (χ2v) is 6.94. The Hall–Kier alpha value is -1.22. The molecule has 3 nitrogen and oxygen atoms in total. The Kier molecular flexibility index (Phi) is 4.12. The average Bonchev–Trinajstić information content (AvgIpc) is 2.95. The fraction of sp³-hybridized carbons (Fsp3) is 0.667. The zero-order chi connectivity index (χ0) is 14.9. The third-order valence-electron chi connectivity index (χ3n) is 5.33. The molecule has 0 aromatic heterocycles. The first-order valence-electron chi connectivity index (χ1n) is 8.43. The van der Waals surface area contributed by atoms with Crippen molar-refractivity contribution < 1.29 is 0 Å². The van der Waals surface area contributed by atoms with E-state index in [1.165, 1.54) is 43.5 Å². The Balaban J connectivity index is 1.93. The Labute approximate surface area is 129 Å². The molecule has 1 aromatic carbocycles. The Morgan fingerprint density at radius 3 is 2.62 bits per heavy atom. The third kappa shape index (κ3) is 2.76. The standard InChI is InChI=1S/C18H29N3/c1-4-15-13-19-18(11-7-8-12-18)14-21(15)17-10-6-5-9-16(17)20(2)3/h5-6,9-10,15,19H,4,7-8,11-14H2,1-3H3. The summed E-state index contributed by atoms with van der Waals surface area (Å²) in [4.78, 5) is 4.92. The predicted octanol–water partition coefficient (Wildman–Crippen LogP) is 3.25. The number of para-hydroxylation sites is 2. The minimum absolute atomic E-state index is 0.366. The van der Waals surface area contributed by atoms with Gasteiger partial charge in [-0.05, 0) is 31.4 Å². The van der Waals surface area contributed by atoms with Crippen molar-refractivity contribution in [2.24, 2.45) is 0 Å². The zero-order valence-electron chi connectivity index (χ0n) is 13.7. The van der Waals surface area contributed by atoms with Crippen molar-refractivity contribution in [2.75, 3.05) is 37.0 Å². The van der Waals surface area contributed by atoms with E-state index in [0.29, 0.717) is 11.6 Å². The Bertz CT molecular complexity index is 477. The minimum Gasteiger partial charge on any atom is -0.376 e. The molecule has 1 unspecified atom stereocenters. The highest BCUT2D eigenvalue weighted by Gasteiger charge is 2.41. The van der Waals surface area contributed by atoms with E-state index in [0.717, 1.165) is 13.1 Å². The molecule has 2 aliphatic rings. The van der Waals surface area contributed by atoms with Gasteiger partial charge >= 0.3 is 0 Å². The van der Waals surface area contributed by atoms with Gasteiger partial charge in [-0.25, -0.2) is 0 Å². The molecule has 0 radical (unpaired) electrons. The summed E-state index contributed by atoms with van der Waals surface area (Å²) < 4.78 is 0. The number of nitrogens with one attached hydrogen (secondary N) is 1. The molecule has 1 saturated carbocycles. The summed E-state index contributed by atoms with van der Waals surface area (Å²) >= 11 is 0. The van der Waals surface area contributed by atoms with Gasteiger partial charge in [-0.2, -0.15) is 0 Å². The summed E-state index contributed by atoms with van der Waals surface area (Å²) in [6.07, 6.45) is 6.64. The quantitative estimate of drug-likeness (QED) is 0.920. The van der Waals surface area contributed by atoms with Crippen LogP contribution in [0.5, 0.6) is 0 Å². The van der Waals surface area contributed by atoms with Crippen molar-refractivity contribution in [3.8, 4) is 0 Å². The molecular weight excluding hydrogens is 258 g/mol. The van der Waals surface area contributed by atoms with Crippen LogP contribution in [0.1, 0.15) is 39.0 Å². The van der Waals surface area contributed by atoms with Gasteiger partial charge < -0.3 is 15.1 Å². The molecule has 0 amide bonds. The summed E-state index contributed by atoms with van der Waals surface area (Å²) in [5.41, 5.74) is 3.11. The van der Waals surface area contributed by atoms with E-state index < -0.39 is 0 Å². The summed E-state index contributed by atoms with van der Waals surface area (Å²) in [6.45, 7) is 4.60. The monoisotopic (exact) mass is 287 g/mol. The van der Waals surface area contributed by atoms with Crippen molar-refractivity contribution in [3.63, 3.8) is 0 Å². The third-order valence-corrected chi connectivity index (χ3v) is 5.33. The molecule has 1 aromatic rings. The molecular formula is C18H29N3. The van der Waals surface area contributed by atoms with Crippen LogP contribution in [-0.4, -0.2) is 38.8 Å². The summed E-state index contributed by atoms with van der Waals surface area (Å²) in [6, 6.07) is 9.47. The molecule has 0 bridgehead atoms. The lowest BCUT2D eigenvalue weighted by Crippen LogP contribution is -2.63. The fourth-order valence-corrected chi connectivity index (χ4v) is 4.07. The molecule has 1 aliphatic heterocycles. The van der Waals surface area contributed by atoms with E-state index in [2.05, 4.69) is 60.4 Å². The van der Waals surface area contributed by atoms with Gasteiger partial charge in [0, 0.05) is 38.8 Å². The van der Waals surface area contributed by atoms with Crippen LogP contribution in [0.25, 0.3) is 0 Å². The van der Waals surface area contributed by atoms with Gasteiger partial charge in [-0.1, -0.05) is 31.9 Å². The SMILES string of the molecule is CCC1CNC2(CCCC2)CN1c1ccccc1N(C)C. The molecule has 1 N–H and O–H groups in total. The second-order valence-electron chi connectivity index (χ2n) is 6.94. The average molecular weight is 287 g/mol. The van der Waals surface area contributed by atoms with Gasteiger partial charge in [0.15, 0.2) is 0 Å². The molecule has 3 heteroatoms. The summed E-state index contributed by atoms with van der Waals surface area (Å²) in [5, 5.41) is 3.89. The van der Waals surface area contributed by atoms with E-state index in [4.69, 9.17) is 0 Å². The van der Waals surface area contributed by atoms with Gasteiger partial charge in [0.2, 0.25) is 0 Å². The maximum absolute atomic E-state index is 3.89. The van der Waals surface area contributed by atoms with Crippen LogP contribution in [0.15, 0.2) is 24.3 Å². The summed E-state index contributed by atoms with van der Waals surface area (Å²) in [7, 11) is 4.29. The number of anilines is 2. The first-order chi connectivity index (χ1) is 10.2. The highest BCUT2D eigenvalue weighted by atomic mass is 15.3. The molecule has 116 valence electrons. The fourth-order valence-electron chi connectivity index (χ4n) is 4.07. The highest BCUT2D eigenvalue weighted by Crippen LogP contribution is 2.38. The van der Waals surface area contributed by atoms with Crippen LogP contribution in [-0.2, 0) is 0 Å². The van der Waals surface area contributed by atoms with E-state index >= 15 is 0 Å². The number of rotatable bonds is 3. The number of benzene rings is 1. The van der Waals surface area contributed by atoms with Crippen molar-refractivity contribution in [3.05, 3.63) is 24.3 Å². The van der Waals surface area contributed by atoms with Crippen molar-refractivity contribution in [1.29, 1.82) is 0 Å². The van der Waals surface area contributed by atoms with Crippen LogP contribution in [0.4, 0.5) is 11.4 Å². The lowest BCUT2D eigenvalue weighted by Gasteiger charge is -2.48. The van der Waals surface area contributed by atoms with Crippen molar-refractivity contribution in [2.45, 2.75) is 50.6 Å². The molecule has 1 heterocycles. The number of piperazine rings is 1. The Morgan fingerprint density at radius 1 is 1.24 bits per heavy atom. The van der Waals surface area contributed by atoms with Gasteiger partial charge in [0.25, 0.3) is 0 Å². The largest absolute Gasteiger partial charge is 0.376 e. The van der Waals surface area contributed by atoms with E-state index in [-0.39, 0.29) is 0 Å². The first kappa shape index (κ1) is 14.7. The van der Waals surface area contributed by atoms with Crippen LogP contribution < -0.4 is 15.1 Å². The first-order valence-corrected chi connectivity index (χ1v) is 8.43. The predicted molar refractivity (Wildman–Crippen MR) is 91.4 cm³/mol. The molecule has 1 saturated heterocycles. The smallest absolute Gasteiger partial charge is 0.0607 e. The maximum Gasteiger partial charge on any atom is 0.0607 e. The number of hydrogen-bond donors (Lipinski definition) is 1. The van der Waals surface area contributed by atoms with Gasteiger partial charge in [-0.15, -0.1) is 0 Å². The van der Waals surface area contributed by atoms with E-state index in [1.54, 1.807) is 0 Å². The maximum atomic E-state index is 3.89. The molecule has 21 heavy (non-hydrogen) atoms. The zero-order valence-corrected chi connectivity index (χ0v) is 13.7. The Morgan fingerprint density at radius 2 is 1.95 bits per heavy atom. The second kappa shape index (κ2) is 5.88. The van der Waals surface area contributed by atoms with Crippen molar-refractivity contribution >= 4 is 11.4 Å².